The summed E-state index contributed by atoms with van der Waals surface area (Å²) in [7, 11) is 0. The molecule has 0 aliphatic heterocycles. The number of hydrogen-bond acceptors (Lipinski definition) is 0. The van der Waals surface area contributed by atoms with Crippen molar-refractivity contribution >= 4 is 0 Å². The molecule has 0 heteroatoms. The molecule has 2 saturated carbocycles. The Balaban J connectivity index is 2.02. The van der Waals surface area contributed by atoms with Crippen molar-refractivity contribution in [3.63, 3.8) is 0 Å². The highest BCUT2D eigenvalue weighted by Crippen LogP contribution is 2.75. The van der Waals surface area contributed by atoms with E-state index in [1.807, 2.05) is 6.08 Å². The molecule has 2 unspecified atom stereocenters. The predicted molar refractivity (Wildman–Crippen MR) is 43.7 cm³/mol. The first-order chi connectivity index (χ1) is 4.83. The predicted octanol–water partition coefficient (Wildman–Crippen LogP) is 2.92. The molecule has 0 nitrogen and oxygen atoms in total. The molecule has 0 radical (unpaired) electrons. The van der Waals surface area contributed by atoms with Gasteiger partial charge in [-0.25, -0.2) is 0 Å². The van der Waals surface area contributed by atoms with Crippen LogP contribution in [0, 0.1) is 11.3 Å². The van der Waals surface area contributed by atoms with Crippen molar-refractivity contribution < 1.29 is 0 Å². The highest BCUT2D eigenvalue weighted by atomic mass is 14.7. The van der Waals surface area contributed by atoms with E-state index in [0.717, 1.165) is 11.3 Å². The first-order valence-corrected chi connectivity index (χ1v) is 4.15. The van der Waals surface area contributed by atoms with Crippen LogP contribution in [0.15, 0.2) is 24.3 Å². The Morgan fingerprint density at radius 3 is 3.10 bits per heavy atom. The summed E-state index contributed by atoms with van der Waals surface area (Å²) in [4.78, 5) is 0. The topological polar surface area (TPSA) is 0 Å². The van der Waals surface area contributed by atoms with Gasteiger partial charge in [0.1, 0.15) is 0 Å². The molecule has 0 aromatic carbocycles. The molecule has 2 rings (SSSR count). The monoisotopic (exact) mass is 134 g/mol. The second-order valence-electron chi connectivity index (χ2n) is 3.57. The lowest BCUT2D eigenvalue weighted by atomic mass is 10.2. The van der Waals surface area contributed by atoms with Crippen LogP contribution in [-0.2, 0) is 0 Å². The van der Waals surface area contributed by atoms with Gasteiger partial charge in [0.25, 0.3) is 0 Å². The van der Waals surface area contributed by atoms with Crippen LogP contribution < -0.4 is 0 Å². The summed E-state index contributed by atoms with van der Waals surface area (Å²) in [5.74, 6) is 1.03. The van der Waals surface area contributed by atoms with E-state index in [1.54, 1.807) is 5.57 Å². The van der Waals surface area contributed by atoms with Gasteiger partial charge in [0.05, 0.1) is 0 Å². The van der Waals surface area contributed by atoms with Crippen molar-refractivity contribution in [2.24, 2.45) is 11.3 Å². The molecule has 2 atom stereocenters. The third-order valence-corrected chi connectivity index (χ3v) is 3.06. The smallest absolute Gasteiger partial charge is 0.00158 e. The van der Waals surface area contributed by atoms with Crippen LogP contribution in [0.1, 0.15) is 26.2 Å². The lowest BCUT2D eigenvalue weighted by Crippen LogP contribution is -1.74. The molecule has 1 spiro atoms. The minimum absolute atomic E-state index is 0.725. The first kappa shape index (κ1) is 6.21. The molecule has 2 aliphatic rings. The fourth-order valence-electron chi connectivity index (χ4n) is 2.19. The highest BCUT2D eigenvalue weighted by Gasteiger charge is 2.65. The number of rotatable bonds is 2. The minimum atomic E-state index is 0.725. The van der Waals surface area contributed by atoms with E-state index in [2.05, 4.69) is 19.6 Å². The second kappa shape index (κ2) is 1.75. The molecular weight excluding hydrogens is 120 g/mol. The Bertz CT molecular complexity index is 200. The molecule has 54 valence electrons. The summed E-state index contributed by atoms with van der Waals surface area (Å²) >= 11 is 0. The van der Waals surface area contributed by atoms with Gasteiger partial charge in [0.15, 0.2) is 0 Å². The average molecular weight is 134 g/mol. The minimum Gasteiger partial charge on any atom is -0.0991 e. The largest absolute Gasteiger partial charge is 0.0991 e. The molecule has 0 aromatic rings. The van der Waals surface area contributed by atoms with Crippen molar-refractivity contribution in [1.82, 2.24) is 0 Å². The zero-order valence-electron chi connectivity index (χ0n) is 6.56. The normalized spacial score (nSPS) is 46.1. The van der Waals surface area contributed by atoms with Gasteiger partial charge in [-0.15, -0.1) is 0 Å². The second-order valence-corrected chi connectivity index (χ2v) is 3.57. The molecule has 2 aliphatic carbocycles. The van der Waals surface area contributed by atoms with Gasteiger partial charge in [0, 0.05) is 0 Å². The summed E-state index contributed by atoms with van der Waals surface area (Å²) in [6.45, 7) is 6.00. The van der Waals surface area contributed by atoms with Crippen LogP contribution in [0.2, 0.25) is 0 Å². The van der Waals surface area contributed by atoms with Gasteiger partial charge in [-0.05, 0) is 24.2 Å². The van der Waals surface area contributed by atoms with Crippen LogP contribution in [0.25, 0.3) is 0 Å². The van der Waals surface area contributed by atoms with Crippen LogP contribution in [0.3, 0.4) is 0 Å². The SMILES string of the molecule is C=CC=C1CC12CC2CC. The zero-order valence-corrected chi connectivity index (χ0v) is 6.56. The van der Waals surface area contributed by atoms with E-state index < -0.39 is 0 Å². The summed E-state index contributed by atoms with van der Waals surface area (Å²) < 4.78 is 0. The van der Waals surface area contributed by atoms with E-state index >= 15 is 0 Å². The fourth-order valence-corrected chi connectivity index (χ4v) is 2.19. The Hall–Kier alpha value is -0.520. The number of allylic oxidation sites excluding steroid dienone is 3. The third-order valence-electron chi connectivity index (χ3n) is 3.06. The Morgan fingerprint density at radius 2 is 2.60 bits per heavy atom. The summed E-state index contributed by atoms with van der Waals surface area (Å²) in [6, 6.07) is 0. The summed E-state index contributed by atoms with van der Waals surface area (Å²) in [6.07, 6.45) is 8.33. The lowest BCUT2D eigenvalue weighted by Gasteiger charge is -1.83. The van der Waals surface area contributed by atoms with Crippen LogP contribution in [0.5, 0.6) is 0 Å². The Labute approximate surface area is 62.6 Å². The van der Waals surface area contributed by atoms with Crippen molar-refractivity contribution in [1.29, 1.82) is 0 Å². The van der Waals surface area contributed by atoms with Crippen LogP contribution in [-0.4, -0.2) is 0 Å². The van der Waals surface area contributed by atoms with E-state index in [0.29, 0.717) is 0 Å². The molecule has 0 saturated heterocycles. The van der Waals surface area contributed by atoms with Gasteiger partial charge in [-0.3, -0.25) is 0 Å². The first-order valence-electron chi connectivity index (χ1n) is 4.15. The molecular formula is C10H14. The Morgan fingerprint density at radius 1 is 1.80 bits per heavy atom. The van der Waals surface area contributed by atoms with E-state index in [1.165, 1.54) is 19.3 Å². The van der Waals surface area contributed by atoms with Crippen molar-refractivity contribution in [3.05, 3.63) is 24.3 Å². The molecule has 0 N–H and O–H groups in total. The maximum absolute atomic E-state index is 3.71. The van der Waals surface area contributed by atoms with Gasteiger partial charge in [0.2, 0.25) is 0 Å². The Kier molecular flexibility index (Phi) is 1.08. The lowest BCUT2D eigenvalue weighted by molar-refractivity contribution is 0.701. The number of hydrogen-bond donors (Lipinski definition) is 0. The van der Waals surface area contributed by atoms with E-state index in [9.17, 15) is 0 Å². The molecule has 2 fully saturated rings. The molecule has 0 heterocycles. The van der Waals surface area contributed by atoms with Gasteiger partial charge in [-0.1, -0.05) is 37.6 Å². The van der Waals surface area contributed by atoms with E-state index in [4.69, 9.17) is 0 Å². The fraction of sp³-hybridized carbons (Fsp3) is 0.600. The van der Waals surface area contributed by atoms with Crippen molar-refractivity contribution in [2.45, 2.75) is 26.2 Å². The highest BCUT2D eigenvalue weighted by molar-refractivity contribution is 5.43. The molecule has 0 bridgehead atoms. The van der Waals surface area contributed by atoms with Crippen LogP contribution >= 0.6 is 0 Å². The van der Waals surface area contributed by atoms with Crippen molar-refractivity contribution in [3.8, 4) is 0 Å². The average Bonchev–Trinajstić information content (AvgIpc) is 2.78. The zero-order chi connectivity index (χ0) is 7.19. The maximum Gasteiger partial charge on any atom is -0.00158 e. The summed E-state index contributed by atoms with van der Waals surface area (Å²) in [5.41, 5.74) is 2.39. The van der Waals surface area contributed by atoms with Crippen LogP contribution in [0.4, 0.5) is 0 Å². The van der Waals surface area contributed by atoms with E-state index in [-0.39, 0.29) is 0 Å². The quantitative estimate of drug-likeness (QED) is 0.544. The van der Waals surface area contributed by atoms with Gasteiger partial charge in [-0.2, -0.15) is 0 Å². The third kappa shape index (κ3) is 0.622. The standard InChI is InChI=1S/C10H14/c1-3-5-9-7-10(9)6-8(10)4-2/h3,5,8H,1,4,6-7H2,2H3. The maximum atomic E-state index is 3.71. The molecule has 10 heavy (non-hydrogen) atoms. The molecule has 0 aromatic heterocycles. The molecule has 0 amide bonds. The van der Waals surface area contributed by atoms with Gasteiger partial charge >= 0.3 is 0 Å². The summed E-state index contributed by atoms with van der Waals surface area (Å²) in [5, 5.41) is 0. The van der Waals surface area contributed by atoms with Crippen molar-refractivity contribution in [2.75, 3.05) is 0 Å². The van der Waals surface area contributed by atoms with Gasteiger partial charge < -0.3 is 0 Å².